The van der Waals surface area contributed by atoms with Crippen LogP contribution in [-0.4, -0.2) is 44.6 Å². The Bertz CT molecular complexity index is 872. The monoisotopic (exact) mass is 430 g/mol. The second kappa shape index (κ2) is 10.7. The summed E-state index contributed by atoms with van der Waals surface area (Å²) in [6.45, 7) is 2.99. The van der Waals surface area contributed by atoms with E-state index < -0.39 is 0 Å². The average molecular weight is 431 g/mol. The van der Waals surface area contributed by atoms with Crippen molar-refractivity contribution in [3.63, 3.8) is 0 Å². The quantitative estimate of drug-likeness (QED) is 0.600. The molecule has 1 N–H and O–H groups in total. The number of methoxy groups -OCH3 is 1. The Morgan fingerprint density at radius 3 is 2.90 bits per heavy atom. The molecule has 0 aliphatic carbocycles. The van der Waals surface area contributed by atoms with Crippen LogP contribution >= 0.6 is 23.4 Å². The number of para-hydroxylation sites is 1. The Labute approximate surface area is 182 Å². The molecule has 4 nitrogen and oxygen atoms in total. The van der Waals surface area contributed by atoms with Gasteiger partial charge in [0.1, 0.15) is 5.75 Å². The molecule has 0 bridgehead atoms. The first kappa shape index (κ1) is 21.8. The van der Waals surface area contributed by atoms with Crippen LogP contribution < -0.4 is 10.1 Å². The summed E-state index contributed by atoms with van der Waals surface area (Å²) in [7, 11) is 3.81. The third-order valence-corrected chi connectivity index (χ3v) is 6.40. The van der Waals surface area contributed by atoms with Crippen molar-refractivity contribution in [1.29, 1.82) is 0 Å². The van der Waals surface area contributed by atoms with E-state index in [-0.39, 0.29) is 5.91 Å². The van der Waals surface area contributed by atoms with Crippen LogP contribution in [0.3, 0.4) is 0 Å². The van der Waals surface area contributed by atoms with Crippen molar-refractivity contribution in [2.24, 2.45) is 5.92 Å². The normalized spacial score (nSPS) is 17.0. The molecule has 1 atom stereocenters. The van der Waals surface area contributed by atoms with E-state index >= 15 is 0 Å². The number of ether oxygens (including phenoxy) is 1. The van der Waals surface area contributed by atoms with Crippen LogP contribution in [0.5, 0.6) is 5.75 Å². The summed E-state index contributed by atoms with van der Waals surface area (Å²) in [4.78, 5) is 16.5. The summed E-state index contributed by atoms with van der Waals surface area (Å²) >= 11 is 8.02. The van der Waals surface area contributed by atoms with E-state index in [2.05, 4.69) is 17.3 Å². The fraction of sp³-hybridized carbons (Fsp3) is 0.348. The van der Waals surface area contributed by atoms with E-state index in [1.54, 1.807) is 31.0 Å². The molecule has 1 fully saturated rings. The first-order valence-corrected chi connectivity index (χ1v) is 11.0. The van der Waals surface area contributed by atoms with Crippen molar-refractivity contribution in [2.45, 2.75) is 22.6 Å². The van der Waals surface area contributed by atoms with Gasteiger partial charge in [0.2, 0.25) is 5.91 Å². The van der Waals surface area contributed by atoms with E-state index in [1.165, 1.54) is 6.42 Å². The van der Waals surface area contributed by atoms with Gasteiger partial charge in [-0.1, -0.05) is 41.6 Å². The van der Waals surface area contributed by atoms with Crippen molar-refractivity contribution >= 4 is 35.3 Å². The van der Waals surface area contributed by atoms with Gasteiger partial charge in [-0.05, 0) is 68.3 Å². The van der Waals surface area contributed by atoms with E-state index in [0.29, 0.717) is 17.5 Å². The van der Waals surface area contributed by atoms with Gasteiger partial charge in [-0.2, -0.15) is 0 Å². The minimum absolute atomic E-state index is 0.0834. The summed E-state index contributed by atoms with van der Waals surface area (Å²) in [5.74, 6) is 1.44. The maximum absolute atomic E-state index is 12.1. The highest BCUT2D eigenvalue weighted by molar-refractivity contribution is 7.99. The van der Waals surface area contributed by atoms with Crippen LogP contribution in [-0.2, 0) is 4.79 Å². The van der Waals surface area contributed by atoms with Gasteiger partial charge < -0.3 is 15.0 Å². The fourth-order valence-corrected chi connectivity index (χ4v) is 4.70. The molecule has 0 saturated carbocycles. The zero-order chi connectivity index (χ0) is 20.6. The highest BCUT2D eigenvalue weighted by Crippen LogP contribution is 2.36. The molecule has 0 aromatic heterocycles. The molecule has 1 saturated heterocycles. The predicted molar refractivity (Wildman–Crippen MR) is 121 cm³/mol. The van der Waals surface area contributed by atoms with Gasteiger partial charge in [0.25, 0.3) is 0 Å². The minimum Gasteiger partial charge on any atom is -0.496 e. The zero-order valence-electron chi connectivity index (χ0n) is 16.9. The molecular weight excluding hydrogens is 404 g/mol. The number of carbonyl (C=O) groups is 1. The Balaban J connectivity index is 1.52. The van der Waals surface area contributed by atoms with Crippen LogP contribution in [0.1, 0.15) is 18.4 Å². The molecule has 2 aromatic rings. The number of halogens is 1. The van der Waals surface area contributed by atoms with Crippen molar-refractivity contribution in [3.05, 3.63) is 59.1 Å². The lowest BCUT2D eigenvalue weighted by Gasteiger charge is -2.10. The Kier molecular flexibility index (Phi) is 8.04. The SMILES string of the molecule is COc1ccccc1Sc1ccc(/C=C/C(=O)NCCC2CCN(C)C2)c(Cl)c1. The maximum atomic E-state index is 12.1. The van der Waals surface area contributed by atoms with E-state index in [1.807, 2.05) is 42.5 Å². The number of nitrogens with zero attached hydrogens (tertiary/aromatic N) is 1. The fourth-order valence-electron chi connectivity index (χ4n) is 3.42. The molecule has 3 rings (SSSR count). The number of carbonyl (C=O) groups excluding carboxylic acids is 1. The summed E-state index contributed by atoms with van der Waals surface area (Å²) in [6.07, 6.45) is 5.56. The second-order valence-electron chi connectivity index (χ2n) is 7.27. The van der Waals surface area contributed by atoms with Gasteiger partial charge in [-0.15, -0.1) is 0 Å². The smallest absolute Gasteiger partial charge is 0.244 e. The third kappa shape index (κ3) is 6.53. The second-order valence-corrected chi connectivity index (χ2v) is 8.79. The van der Waals surface area contributed by atoms with Gasteiger partial charge in [0.15, 0.2) is 0 Å². The van der Waals surface area contributed by atoms with Crippen LogP contribution in [0.25, 0.3) is 6.08 Å². The van der Waals surface area contributed by atoms with E-state index in [4.69, 9.17) is 16.3 Å². The van der Waals surface area contributed by atoms with Crippen LogP contribution in [0.4, 0.5) is 0 Å². The lowest BCUT2D eigenvalue weighted by atomic mass is 10.1. The third-order valence-electron chi connectivity index (χ3n) is 5.02. The standard InChI is InChI=1S/C23H27ClN2O2S/c1-26-14-12-17(16-26)11-13-25-23(27)10-8-18-7-9-19(15-20(18)24)29-22-6-4-3-5-21(22)28-2/h3-10,15,17H,11-14,16H2,1-2H3,(H,25,27)/b10-8+. The Morgan fingerprint density at radius 1 is 1.34 bits per heavy atom. The van der Waals surface area contributed by atoms with Crippen LogP contribution in [0.15, 0.2) is 58.3 Å². The lowest BCUT2D eigenvalue weighted by Crippen LogP contribution is -2.24. The minimum atomic E-state index is -0.0834. The highest BCUT2D eigenvalue weighted by atomic mass is 35.5. The van der Waals surface area contributed by atoms with Gasteiger partial charge in [-0.3, -0.25) is 4.79 Å². The van der Waals surface area contributed by atoms with E-state index in [0.717, 1.165) is 40.6 Å². The molecule has 29 heavy (non-hydrogen) atoms. The topological polar surface area (TPSA) is 41.6 Å². The molecule has 0 radical (unpaired) electrons. The molecule has 6 heteroatoms. The predicted octanol–water partition coefficient (Wildman–Crippen LogP) is 4.97. The number of nitrogens with one attached hydrogen (secondary N) is 1. The summed E-state index contributed by atoms with van der Waals surface area (Å²) in [5.41, 5.74) is 0.823. The van der Waals surface area contributed by atoms with Crippen LogP contribution in [0, 0.1) is 5.92 Å². The zero-order valence-corrected chi connectivity index (χ0v) is 18.4. The van der Waals surface area contributed by atoms with Gasteiger partial charge in [0, 0.05) is 29.1 Å². The molecule has 1 amide bonds. The maximum Gasteiger partial charge on any atom is 0.244 e. The summed E-state index contributed by atoms with van der Waals surface area (Å²) < 4.78 is 5.39. The molecule has 1 unspecified atom stereocenters. The van der Waals surface area contributed by atoms with Crippen molar-refractivity contribution in [1.82, 2.24) is 10.2 Å². The number of rotatable bonds is 8. The molecule has 1 aliphatic heterocycles. The largest absolute Gasteiger partial charge is 0.496 e. The number of likely N-dealkylation sites (tertiary alicyclic amines) is 1. The summed E-state index contributed by atoms with van der Waals surface area (Å²) in [5, 5.41) is 3.58. The Hall–Kier alpha value is -1.95. The van der Waals surface area contributed by atoms with Gasteiger partial charge in [0.05, 0.1) is 12.0 Å². The first-order chi connectivity index (χ1) is 14.0. The van der Waals surface area contributed by atoms with Gasteiger partial charge >= 0.3 is 0 Å². The number of amides is 1. The molecule has 1 aliphatic rings. The van der Waals surface area contributed by atoms with Crippen LogP contribution in [0.2, 0.25) is 5.02 Å². The Morgan fingerprint density at radius 2 is 2.17 bits per heavy atom. The van der Waals surface area contributed by atoms with E-state index in [9.17, 15) is 4.79 Å². The highest BCUT2D eigenvalue weighted by Gasteiger charge is 2.18. The first-order valence-electron chi connectivity index (χ1n) is 9.80. The number of hydrogen-bond acceptors (Lipinski definition) is 4. The van der Waals surface area contributed by atoms with Crippen molar-refractivity contribution in [3.8, 4) is 5.75 Å². The average Bonchev–Trinajstić information content (AvgIpc) is 3.13. The van der Waals surface area contributed by atoms with Crippen molar-refractivity contribution < 1.29 is 9.53 Å². The lowest BCUT2D eigenvalue weighted by molar-refractivity contribution is -0.116. The molecular formula is C23H27ClN2O2S. The molecule has 1 heterocycles. The number of benzene rings is 2. The van der Waals surface area contributed by atoms with Gasteiger partial charge in [-0.25, -0.2) is 0 Å². The summed E-state index contributed by atoms with van der Waals surface area (Å²) in [6, 6.07) is 13.7. The molecule has 2 aromatic carbocycles. The van der Waals surface area contributed by atoms with Crippen molar-refractivity contribution in [2.75, 3.05) is 33.8 Å². The molecule has 154 valence electrons. The molecule has 0 spiro atoms. The number of hydrogen-bond donors (Lipinski definition) is 1.